The molecule has 0 amide bonds. The summed E-state index contributed by atoms with van der Waals surface area (Å²) in [5.41, 5.74) is 2.85. The van der Waals surface area contributed by atoms with Gasteiger partial charge < -0.3 is 10.4 Å². The van der Waals surface area contributed by atoms with Crippen LogP contribution in [0.4, 0.5) is 5.69 Å². The van der Waals surface area contributed by atoms with Crippen LogP contribution in [0.3, 0.4) is 0 Å². The van der Waals surface area contributed by atoms with Crippen LogP contribution in [0.1, 0.15) is 16.3 Å². The Kier molecular flexibility index (Phi) is 3.10. The van der Waals surface area contributed by atoms with Crippen molar-refractivity contribution in [2.45, 2.75) is 20.4 Å². The Morgan fingerprint density at radius 3 is 2.81 bits per heavy atom. The number of anilines is 1. The average Bonchev–Trinajstić information content (AvgIpc) is 2.66. The van der Waals surface area contributed by atoms with E-state index in [4.69, 9.17) is 0 Å². The second-order valence-electron chi connectivity index (χ2n) is 3.74. The molecule has 2 N–H and O–H groups in total. The van der Waals surface area contributed by atoms with E-state index in [1.807, 2.05) is 31.4 Å². The Labute approximate surface area is 98.8 Å². The molecule has 0 aliphatic rings. The van der Waals surface area contributed by atoms with Gasteiger partial charge in [-0.15, -0.1) is 11.3 Å². The zero-order valence-corrected chi connectivity index (χ0v) is 10.1. The molecule has 1 heterocycles. The lowest BCUT2D eigenvalue weighted by molar-refractivity contribution is 0.471. The van der Waals surface area contributed by atoms with Crippen LogP contribution >= 0.6 is 11.3 Å². The van der Waals surface area contributed by atoms with Crippen molar-refractivity contribution in [1.82, 2.24) is 4.98 Å². The third kappa shape index (κ3) is 2.52. The van der Waals surface area contributed by atoms with Crippen molar-refractivity contribution in [2.75, 3.05) is 5.32 Å². The first-order valence-corrected chi connectivity index (χ1v) is 5.97. The van der Waals surface area contributed by atoms with Crippen molar-refractivity contribution < 1.29 is 5.11 Å². The maximum Gasteiger partial charge on any atom is 0.120 e. The maximum atomic E-state index is 9.55. The Balaban J connectivity index is 2.02. The van der Waals surface area contributed by atoms with Crippen molar-refractivity contribution in [3.63, 3.8) is 0 Å². The zero-order valence-electron chi connectivity index (χ0n) is 9.32. The topological polar surface area (TPSA) is 45.1 Å². The number of hydrogen-bond acceptors (Lipinski definition) is 4. The van der Waals surface area contributed by atoms with Crippen molar-refractivity contribution in [2.24, 2.45) is 0 Å². The van der Waals surface area contributed by atoms with E-state index in [9.17, 15) is 5.11 Å². The average molecular weight is 234 g/mol. The van der Waals surface area contributed by atoms with Gasteiger partial charge in [-0.25, -0.2) is 4.98 Å². The SMILES string of the molecule is Cc1csc(CNc2ccc(C)c(O)c2)n1. The van der Waals surface area contributed by atoms with E-state index >= 15 is 0 Å². The number of aryl methyl sites for hydroxylation is 2. The Bertz CT molecular complexity index is 494. The lowest BCUT2D eigenvalue weighted by atomic mass is 10.2. The van der Waals surface area contributed by atoms with Gasteiger partial charge in [0.25, 0.3) is 0 Å². The molecule has 3 nitrogen and oxygen atoms in total. The first-order chi connectivity index (χ1) is 7.65. The maximum absolute atomic E-state index is 9.55. The third-order valence-electron chi connectivity index (χ3n) is 2.32. The Morgan fingerprint density at radius 2 is 2.19 bits per heavy atom. The van der Waals surface area contributed by atoms with E-state index in [1.165, 1.54) is 0 Å². The smallest absolute Gasteiger partial charge is 0.120 e. The second-order valence-corrected chi connectivity index (χ2v) is 4.68. The van der Waals surface area contributed by atoms with E-state index in [2.05, 4.69) is 10.3 Å². The highest BCUT2D eigenvalue weighted by atomic mass is 32.1. The van der Waals surface area contributed by atoms with Gasteiger partial charge in [-0.1, -0.05) is 6.07 Å². The molecule has 0 bridgehead atoms. The summed E-state index contributed by atoms with van der Waals surface area (Å²) in [6.07, 6.45) is 0. The molecule has 0 radical (unpaired) electrons. The van der Waals surface area contributed by atoms with Crippen molar-refractivity contribution in [3.05, 3.63) is 39.8 Å². The summed E-state index contributed by atoms with van der Waals surface area (Å²) in [6, 6.07) is 5.58. The predicted molar refractivity (Wildman–Crippen MR) is 67.0 cm³/mol. The van der Waals surface area contributed by atoms with Crippen molar-refractivity contribution >= 4 is 17.0 Å². The van der Waals surface area contributed by atoms with Gasteiger partial charge in [-0.05, 0) is 25.5 Å². The van der Waals surface area contributed by atoms with E-state index in [1.54, 1.807) is 17.4 Å². The van der Waals surface area contributed by atoms with Gasteiger partial charge in [0.05, 0.1) is 6.54 Å². The molecule has 0 aliphatic heterocycles. The minimum absolute atomic E-state index is 0.320. The molecule has 0 saturated heterocycles. The number of rotatable bonds is 3. The summed E-state index contributed by atoms with van der Waals surface area (Å²) in [6.45, 7) is 4.56. The molecular formula is C12H14N2OS. The number of nitrogens with one attached hydrogen (secondary N) is 1. The van der Waals surface area contributed by atoms with Crippen LogP contribution in [0.2, 0.25) is 0 Å². The van der Waals surface area contributed by atoms with Gasteiger partial charge >= 0.3 is 0 Å². The van der Waals surface area contributed by atoms with E-state index in [0.717, 1.165) is 22.0 Å². The number of aromatic hydroxyl groups is 1. The van der Waals surface area contributed by atoms with Gasteiger partial charge in [0.2, 0.25) is 0 Å². The summed E-state index contributed by atoms with van der Waals surface area (Å²) in [7, 11) is 0. The van der Waals surface area contributed by atoms with Crippen LogP contribution in [0.25, 0.3) is 0 Å². The third-order valence-corrected chi connectivity index (χ3v) is 3.29. The van der Waals surface area contributed by atoms with Crippen LogP contribution in [-0.2, 0) is 6.54 Å². The fourth-order valence-corrected chi connectivity index (χ4v) is 2.09. The van der Waals surface area contributed by atoms with Gasteiger partial charge in [0, 0.05) is 22.8 Å². The fraction of sp³-hybridized carbons (Fsp3) is 0.250. The normalized spacial score (nSPS) is 10.4. The number of phenols is 1. The highest BCUT2D eigenvalue weighted by Crippen LogP contribution is 2.21. The molecule has 1 aromatic carbocycles. The number of phenolic OH excluding ortho intramolecular Hbond substituents is 1. The van der Waals surface area contributed by atoms with Crippen LogP contribution in [0.15, 0.2) is 23.6 Å². The van der Waals surface area contributed by atoms with Crippen molar-refractivity contribution in [1.29, 1.82) is 0 Å². The number of hydrogen-bond donors (Lipinski definition) is 2. The monoisotopic (exact) mass is 234 g/mol. The Hall–Kier alpha value is -1.55. The summed E-state index contributed by atoms with van der Waals surface area (Å²) >= 11 is 1.64. The van der Waals surface area contributed by atoms with Gasteiger partial charge in [0.1, 0.15) is 10.8 Å². The lowest BCUT2D eigenvalue weighted by Gasteiger charge is -2.06. The number of nitrogens with zero attached hydrogens (tertiary/aromatic N) is 1. The van der Waals surface area contributed by atoms with Gasteiger partial charge in [0.15, 0.2) is 0 Å². The van der Waals surface area contributed by atoms with Crippen LogP contribution in [0.5, 0.6) is 5.75 Å². The van der Waals surface area contributed by atoms with Gasteiger partial charge in [-0.3, -0.25) is 0 Å². The largest absolute Gasteiger partial charge is 0.508 e. The minimum atomic E-state index is 0.320. The number of thiazole rings is 1. The van der Waals surface area contributed by atoms with Crippen LogP contribution in [-0.4, -0.2) is 10.1 Å². The molecule has 2 rings (SSSR count). The predicted octanol–water partition coefficient (Wildman–Crippen LogP) is 3.08. The quantitative estimate of drug-likeness (QED) is 0.857. The zero-order chi connectivity index (χ0) is 11.5. The van der Waals surface area contributed by atoms with E-state index in [-0.39, 0.29) is 0 Å². The molecule has 4 heteroatoms. The molecular weight excluding hydrogens is 220 g/mol. The number of aromatic nitrogens is 1. The summed E-state index contributed by atoms with van der Waals surface area (Å²) in [4.78, 5) is 4.36. The van der Waals surface area contributed by atoms with Crippen molar-refractivity contribution in [3.8, 4) is 5.75 Å². The molecule has 0 unspecified atom stereocenters. The van der Waals surface area contributed by atoms with E-state index in [0.29, 0.717) is 12.3 Å². The number of benzene rings is 1. The summed E-state index contributed by atoms with van der Waals surface area (Å²) in [5, 5.41) is 15.9. The van der Waals surface area contributed by atoms with Crippen LogP contribution in [0, 0.1) is 13.8 Å². The summed E-state index contributed by atoms with van der Waals surface area (Å²) < 4.78 is 0. The highest BCUT2D eigenvalue weighted by molar-refractivity contribution is 7.09. The molecule has 0 atom stereocenters. The molecule has 16 heavy (non-hydrogen) atoms. The van der Waals surface area contributed by atoms with Gasteiger partial charge in [-0.2, -0.15) is 0 Å². The molecule has 0 spiro atoms. The van der Waals surface area contributed by atoms with Crippen LogP contribution < -0.4 is 5.32 Å². The molecule has 0 saturated carbocycles. The first-order valence-electron chi connectivity index (χ1n) is 5.09. The first kappa shape index (κ1) is 11.0. The standard InChI is InChI=1S/C12H14N2OS/c1-8-3-4-10(5-11(8)15)13-6-12-14-9(2)7-16-12/h3-5,7,13,15H,6H2,1-2H3. The molecule has 0 aliphatic carbocycles. The lowest BCUT2D eigenvalue weighted by Crippen LogP contribution is -1.98. The highest BCUT2D eigenvalue weighted by Gasteiger charge is 2.00. The molecule has 2 aromatic rings. The molecule has 1 aromatic heterocycles. The second kappa shape index (κ2) is 4.53. The fourth-order valence-electron chi connectivity index (χ4n) is 1.38. The molecule has 0 fully saturated rings. The van der Waals surface area contributed by atoms with E-state index < -0.39 is 0 Å². The summed E-state index contributed by atoms with van der Waals surface area (Å²) in [5.74, 6) is 0.320. The Morgan fingerprint density at radius 1 is 1.38 bits per heavy atom. The molecule has 84 valence electrons. The minimum Gasteiger partial charge on any atom is -0.508 e.